The summed E-state index contributed by atoms with van der Waals surface area (Å²) in [6, 6.07) is 17.7. The Hall–Kier alpha value is -4.05. The lowest BCUT2D eigenvalue weighted by Gasteiger charge is -2.34. The molecule has 1 amide bonds. The van der Waals surface area contributed by atoms with E-state index < -0.39 is 17.3 Å². The van der Waals surface area contributed by atoms with Crippen molar-refractivity contribution in [1.82, 2.24) is 0 Å². The molecule has 0 saturated carbocycles. The summed E-state index contributed by atoms with van der Waals surface area (Å²) in [5.74, 6) is -1.45. The highest BCUT2D eigenvalue weighted by molar-refractivity contribution is 6.19. The molecule has 2 aliphatic heterocycles. The average Bonchev–Trinajstić information content (AvgIpc) is 3.01. The number of nitrogens with one attached hydrogen (secondary N) is 1. The first-order valence-corrected chi connectivity index (χ1v) is 9.02. The van der Waals surface area contributed by atoms with Crippen LogP contribution in [0.15, 0.2) is 71.6 Å². The van der Waals surface area contributed by atoms with Gasteiger partial charge >= 0.3 is 5.97 Å². The van der Waals surface area contributed by atoms with Gasteiger partial charge in [0.2, 0.25) is 11.8 Å². The highest BCUT2D eigenvalue weighted by atomic mass is 16.5. The topological polar surface area (TPSA) is 114 Å². The minimum Gasteiger partial charge on any atom is -0.462 e. The van der Waals surface area contributed by atoms with E-state index in [1.165, 1.54) is 0 Å². The molecule has 4 rings (SSSR count). The van der Waals surface area contributed by atoms with E-state index in [1.807, 2.05) is 12.1 Å². The van der Waals surface area contributed by atoms with Gasteiger partial charge < -0.3 is 20.5 Å². The Labute approximate surface area is 167 Å². The fourth-order valence-electron chi connectivity index (χ4n) is 3.83. The standard InChI is InChI=1S/C22H17N3O4/c1-2-28-20(26)17-18(13-8-4-3-5-9-13)29-19(24)15(12-23)22(17)14-10-6-7-11-16(14)25-21(22)27/h3-11H,2,24H2,1H3,(H,25,27). The van der Waals surface area contributed by atoms with Crippen molar-refractivity contribution in [2.75, 3.05) is 11.9 Å². The van der Waals surface area contributed by atoms with E-state index in [-0.39, 0.29) is 29.4 Å². The molecular formula is C22H17N3O4. The number of nitriles is 1. The van der Waals surface area contributed by atoms with Crippen LogP contribution in [0.2, 0.25) is 0 Å². The molecule has 0 fully saturated rings. The van der Waals surface area contributed by atoms with E-state index in [0.717, 1.165) is 0 Å². The van der Waals surface area contributed by atoms with Crippen LogP contribution >= 0.6 is 0 Å². The number of para-hydroxylation sites is 1. The van der Waals surface area contributed by atoms with Crippen LogP contribution in [0.1, 0.15) is 18.1 Å². The molecule has 2 aliphatic rings. The molecule has 29 heavy (non-hydrogen) atoms. The van der Waals surface area contributed by atoms with Gasteiger partial charge in [0.05, 0.1) is 6.61 Å². The van der Waals surface area contributed by atoms with Crippen LogP contribution in [0.3, 0.4) is 0 Å². The van der Waals surface area contributed by atoms with Crippen molar-refractivity contribution in [3.63, 3.8) is 0 Å². The zero-order valence-corrected chi connectivity index (χ0v) is 15.6. The fourth-order valence-corrected chi connectivity index (χ4v) is 3.83. The van der Waals surface area contributed by atoms with E-state index in [2.05, 4.69) is 5.32 Å². The first-order chi connectivity index (χ1) is 14.1. The number of anilines is 1. The number of hydrogen-bond acceptors (Lipinski definition) is 6. The number of hydrogen-bond donors (Lipinski definition) is 2. The first-order valence-electron chi connectivity index (χ1n) is 9.02. The molecule has 0 bridgehead atoms. The maximum Gasteiger partial charge on any atom is 0.339 e. The van der Waals surface area contributed by atoms with Crippen LogP contribution in [0.5, 0.6) is 0 Å². The Bertz CT molecular complexity index is 1130. The zero-order chi connectivity index (χ0) is 20.6. The molecule has 2 heterocycles. The molecule has 0 saturated heterocycles. The Morgan fingerprint density at radius 3 is 2.59 bits per heavy atom. The molecule has 2 aromatic rings. The monoisotopic (exact) mass is 387 g/mol. The van der Waals surface area contributed by atoms with Crippen molar-refractivity contribution < 1.29 is 19.1 Å². The summed E-state index contributed by atoms with van der Waals surface area (Å²) in [7, 11) is 0. The maximum absolute atomic E-state index is 13.4. The molecule has 1 unspecified atom stereocenters. The number of amides is 1. The Morgan fingerprint density at radius 1 is 1.21 bits per heavy atom. The normalized spacial score (nSPS) is 20.1. The van der Waals surface area contributed by atoms with Crippen LogP contribution in [-0.2, 0) is 24.5 Å². The van der Waals surface area contributed by atoms with Crippen LogP contribution in [0.25, 0.3) is 5.76 Å². The molecule has 2 aromatic carbocycles. The summed E-state index contributed by atoms with van der Waals surface area (Å²) >= 11 is 0. The highest BCUT2D eigenvalue weighted by Gasteiger charge is 2.60. The van der Waals surface area contributed by atoms with Gasteiger partial charge in [-0.1, -0.05) is 48.5 Å². The Balaban J connectivity index is 2.13. The van der Waals surface area contributed by atoms with Gasteiger partial charge in [0, 0.05) is 16.8 Å². The van der Waals surface area contributed by atoms with Crippen LogP contribution in [0.4, 0.5) is 5.69 Å². The number of benzene rings is 2. The highest BCUT2D eigenvalue weighted by Crippen LogP contribution is 2.53. The molecule has 1 atom stereocenters. The third kappa shape index (κ3) is 2.50. The number of carbonyl (C=O) groups excluding carboxylic acids is 2. The summed E-state index contributed by atoms with van der Waals surface area (Å²) in [6.07, 6.45) is 0. The van der Waals surface area contributed by atoms with E-state index >= 15 is 0 Å². The summed E-state index contributed by atoms with van der Waals surface area (Å²) in [6.45, 7) is 1.75. The predicted molar refractivity (Wildman–Crippen MR) is 105 cm³/mol. The van der Waals surface area contributed by atoms with Gasteiger partial charge in [-0.25, -0.2) is 4.79 Å². The number of nitrogens with two attached hydrogens (primary N) is 1. The second kappa shape index (κ2) is 6.84. The molecule has 0 aliphatic carbocycles. The van der Waals surface area contributed by atoms with E-state index in [4.69, 9.17) is 15.2 Å². The van der Waals surface area contributed by atoms with Crippen molar-refractivity contribution in [3.05, 3.63) is 82.8 Å². The van der Waals surface area contributed by atoms with Gasteiger partial charge in [0.1, 0.15) is 23.0 Å². The quantitative estimate of drug-likeness (QED) is 0.783. The van der Waals surface area contributed by atoms with Gasteiger partial charge in [-0.15, -0.1) is 0 Å². The zero-order valence-electron chi connectivity index (χ0n) is 15.6. The fraction of sp³-hybridized carbons (Fsp3) is 0.136. The Kier molecular flexibility index (Phi) is 4.32. The molecule has 3 N–H and O–H groups in total. The van der Waals surface area contributed by atoms with Crippen molar-refractivity contribution in [1.29, 1.82) is 5.26 Å². The lowest BCUT2D eigenvalue weighted by Crippen LogP contribution is -2.45. The van der Waals surface area contributed by atoms with Crippen molar-refractivity contribution in [2.24, 2.45) is 5.73 Å². The SMILES string of the molecule is CCOC(=O)C1=C(c2ccccc2)OC(N)=C(C#N)C12C(=O)Nc1ccccc12. The first kappa shape index (κ1) is 18.3. The summed E-state index contributed by atoms with van der Waals surface area (Å²) < 4.78 is 11.0. The Morgan fingerprint density at radius 2 is 1.90 bits per heavy atom. The number of ether oxygens (including phenoxy) is 2. The van der Waals surface area contributed by atoms with Crippen LogP contribution in [-0.4, -0.2) is 18.5 Å². The van der Waals surface area contributed by atoms with Gasteiger partial charge in [-0.05, 0) is 13.0 Å². The molecule has 7 nitrogen and oxygen atoms in total. The molecule has 0 radical (unpaired) electrons. The van der Waals surface area contributed by atoms with Gasteiger partial charge in [-0.3, -0.25) is 4.79 Å². The summed E-state index contributed by atoms with van der Waals surface area (Å²) in [4.78, 5) is 26.5. The second-order valence-corrected chi connectivity index (χ2v) is 6.49. The van der Waals surface area contributed by atoms with E-state index in [1.54, 1.807) is 55.5 Å². The number of carbonyl (C=O) groups is 2. The summed E-state index contributed by atoms with van der Waals surface area (Å²) in [5, 5.41) is 12.7. The maximum atomic E-state index is 13.4. The largest absolute Gasteiger partial charge is 0.462 e. The van der Waals surface area contributed by atoms with Crippen LogP contribution < -0.4 is 11.1 Å². The van der Waals surface area contributed by atoms with E-state index in [0.29, 0.717) is 16.8 Å². The van der Waals surface area contributed by atoms with Gasteiger partial charge in [-0.2, -0.15) is 5.26 Å². The van der Waals surface area contributed by atoms with Crippen molar-refractivity contribution in [2.45, 2.75) is 12.3 Å². The molecule has 144 valence electrons. The smallest absolute Gasteiger partial charge is 0.339 e. The van der Waals surface area contributed by atoms with Crippen molar-refractivity contribution >= 4 is 23.3 Å². The lowest BCUT2D eigenvalue weighted by atomic mass is 9.67. The number of esters is 1. The van der Waals surface area contributed by atoms with Crippen molar-refractivity contribution in [3.8, 4) is 6.07 Å². The molecule has 0 aromatic heterocycles. The minimum absolute atomic E-state index is 0.0706. The average molecular weight is 387 g/mol. The molecule has 7 heteroatoms. The van der Waals surface area contributed by atoms with Gasteiger partial charge in [0.15, 0.2) is 5.41 Å². The number of fused-ring (bicyclic) bond motifs is 2. The summed E-state index contributed by atoms with van der Waals surface area (Å²) in [5.41, 5.74) is 5.59. The molecular weight excluding hydrogens is 370 g/mol. The van der Waals surface area contributed by atoms with Crippen LogP contribution in [0, 0.1) is 11.3 Å². The predicted octanol–water partition coefficient (Wildman–Crippen LogP) is 2.57. The third-order valence-electron chi connectivity index (χ3n) is 4.98. The third-order valence-corrected chi connectivity index (χ3v) is 4.98. The molecule has 1 spiro atoms. The lowest BCUT2D eigenvalue weighted by molar-refractivity contribution is -0.140. The second-order valence-electron chi connectivity index (χ2n) is 6.49. The number of rotatable bonds is 3. The minimum atomic E-state index is -1.76. The van der Waals surface area contributed by atoms with E-state index in [9.17, 15) is 14.9 Å². The number of nitrogens with zero attached hydrogens (tertiary/aromatic N) is 1. The van der Waals surface area contributed by atoms with Gasteiger partial charge in [0.25, 0.3) is 0 Å².